The van der Waals surface area contributed by atoms with Crippen molar-refractivity contribution in [2.75, 3.05) is 11.4 Å². The van der Waals surface area contributed by atoms with Crippen LogP contribution in [0.2, 0.25) is 0 Å². The van der Waals surface area contributed by atoms with Gasteiger partial charge in [0.25, 0.3) is 0 Å². The number of aryl methyl sites for hydroxylation is 1. The van der Waals surface area contributed by atoms with E-state index in [-0.39, 0.29) is 0 Å². The molecule has 1 heterocycles. The normalized spacial score (nSPS) is 31.4. The first-order valence-electron chi connectivity index (χ1n) is 7.37. The Morgan fingerprint density at radius 2 is 2.06 bits per heavy atom. The zero-order valence-electron chi connectivity index (χ0n) is 11.3. The number of hydrogen-bond donors (Lipinski definition) is 1. The fraction of sp³-hybridized carbons (Fsp3) is 0.625. The van der Waals surface area contributed by atoms with Crippen LogP contribution in [-0.2, 0) is 6.42 Å². The van der Waals surface area contributed by atoms with Crippen molar-refractivity contribution in [3.05, 3.63) is 29.8 Å². The summed E-state index contributed by atoms with van der Waals surface area (Å²) in [5.74, 6) is 0.693. The largest absolute Gasteiger partial charge is 0.365 e. The van der Waals surface area contributed by atoms with Gasteiger partial charge in [0.2, 0.25) is 0 Å². The van der Waals surface area contributed by atoms with Crippen LogP contribution in [0.4, 0.5) is 5.69 Å². The zero-order chi connectivity index (χ0) is 12.5. The van der Waals surface area contributed by atoms with E-state index in [1.54, 1.807) is 0 Å². The molecule has 3 atom stereocenters. The monoisotopic (exact) mass is 244 g/mol. The number of anilines is 1. The molecule has 2 N–H and O–H groups in total. The molecule has 0 radical (unpaired) electrons. The van der Waals surface area contributed by atoms with Crippen molar-refractivity contribution in [2.45, 2.75) is 51.1 Å². The molecule has 2 nitrogen and oxygen atoms in total. The molecule has 0 spiro atoms. The molecule has 1 aliphatic carbocycles. The van der Waals surface area contributed by atoms with Crippen LogP contribution in [-0.4, -0.2) is 18.6 Å². The number of benzene rings is 1. The standard InChI is InChI=1S/C16H24N2/c1-12-9-10-13-5-2-3-7-15(13)18(12)16-8-4-6-14(16)11-17/h2-3,5,7,12,14,16H,4,6,8-11,17H2,1H3. The van der Waals surface area contributed by atoms with E-state index in [4.69, 9.17) is 5.73 Å². The molecule has 0 aromatic heterocycles. The average Bonchev–Trinajstić information content (AvgIpc) is 2.86. The van der Waals surface area contributed by atoms with Crippen molar-refractivity contribution < 1.29 is 0 Å². The minimum absolute atomic E-state index is 0.664. The summed E-state index contributed by atoms with van der Waals surface area (Å²) >= 11 is 0. The molecular formula is C16H24N2. The summed E-state index contributed by atoms with van der Waals surface area (Å²) in [4.78, 5) is 2.68. The maximum absolute atomic E-state index is 5.97. The molecule has 3 unspecified atom stereocenters. The quantitative estimate of drug-likeness (QED) is 0.866. The Morgan fingerprint density at radius 1 is 1.22 bits per heavy atom. The molecule has 0 saturated heterocycles. The highest BCUT2D eigenvalue weighted by Crippen LogP contribution is 2.39. The van der Waals surface area contributed by atoms with Crippen molar-refractivity contribution in [3.8, 4) is 0 Å². The predicted molar refractivity (Wildman–Crippen MR) is 76.9 cm³/mol. The average molecular weight is 244 g/mol. The summed E-state index contributed by atoms with van der Waals surface area (Å²) in [6.07, 6.45) is 6.49. The number of para-hydroxylation sites is 1. The Bertz CT molecular complexity index is 415. The first-order valence-corrected chi connectivity index (χ1v) is 7.37. The Kier molecular flexibility index (Phi) is 3.29. The fourth-order valence-electron chi connectivity index (χ4n) is 3.88. The van der Waals surface area contributed by atoms with Crippen molar-refractivity contribution in [2.24, 2.45) is 11.7 Å². The topological polar surface area (TPSA) is 29.3 Å². The van der Waals surface area contributed by atoms with Crippen LogP contribution in [0, 0.1) is 5.92 Å². The van der Waals surface area contributed by atoms with E-state index < -0.39 is 0 Å². The Balaban J connectivity index is 1.95. The van der Waals surface area contributed by atoms with Gasteiger partial charge < -0.3 is 10.6 Å². The van der Waals surface area contributed by atoms with E-state index in [0.29, 0.717) is 18.0 Å². The molecule has 0 bridgehead atoms. The number of rotatable bonds is 2. The lowest BCUT2D eigenvalue weighted by Crippen LogP contribution is -2.48. The molecule has 0 amide bonds. The van der Waals surface area contributed by atoms with Crippen molar-refractivity contribution >= 4 is 5.69 Å². The predicted octanol–water partition coefficient (Wildman–Crippen LogP) is 2.96. The first-order chi connectivity index (χ1) is 8.81. The molecule has 2 aliphatic rings. The maximum atomic E-state index is 5.97. The second kappa shape index (κ2) is 4.93. The summed E-state index contributed by atoms with van der Waals surface area (Å²) in [5.41, 5.74) is 8.97. The molecule has 18 heavy (non-hydrogen) atoms. The molecule has 98 valence electrons. The minimum atomic E-state index is 0.664. The number of nitrogens with two attached hydrogens (primary N) is 1. The highest BCUT2D eigenvalue weighted by Gasteiger charge is 2.36. The molecule has 1 aliphatic heterocycles. The highest BCUT2D eigenvalue weighted by molar-refractivity contribution is 5.57. The van der Waals surface area contributed by atoms with Crippen molar-refractivity contribution in [1.82, 2.24) is 0 Å². The van der Waals surface area contributed by atoms with Crippen LogP contribution in [0.15, 0.2) is 24.3 Å². The number of fused-ring (bicyclic) bond motifs is 1. The smallest absolute Gasteiger partial charge is 0.0403 e. The third-order valence-electron chi connectivity index (χ3n) is 4.86. The van der Waals surface area contributed by atoms with Crippen LogP contribution >= 0.6 is 0 Å². The van der Waals surface area contributed by atoms with Gasteiger partial charge in [-0.05, 0) is 56.7 Å². The van der Waals surface area contributed by atoms with Crippen molar-refractivity contribution in [1.29, 1.82) is 0 Å². The van der Waals surface area contributed by atoms with Gasteiger partial charge in [-0.15, -0.1) is 0 Å². The van der Waals surface area contributed by atoms with Gasteiger partial charge in [-0.1, -0.05) is 24.6 Å². The summed E-state index contributed by atoms with van der Waals surface area (Å²) in [6.45, 7) is 3.22. The van der Waals surface area contributed by atoms with Gasteiger partial charge in [0.1, 0.15) is 0 Å². The van der Waals surface area contributed by atoms with Gasteiger partial charge in [-0.2, -0.15) is 0 Å². The van der Waals surface area contributed by atoms with E-state index in [1.807, 2.05) is 0 Å². The van der Waals surface area contributed by atoms with E-state index >= 15 is 0 Å². The summed E-state index contributed by atoms with van der Waals surface area (Å²) in [5, 5.41) is 0. The number of hydrogen-bond acceptors (Lipinski definition) is 2. The first kappa shape index (κ1) is 12.0. The molecular weight excluding hydrogens is 220 g/mol. The van der Waals surface area contributed by atoms with Crippen LogP contribution in [0.25, 0.3) is 0 Å². The fourth-order valence-corrected chi connectivity index (χ4v) is 3.88. The lowest BCUT2D eigenvalue weighted by Gasteiger charge is -2.43. The van der Waals surface area contributed by atoms with Crippen LogP contribution < -0.4 is 10.6 Å². The van der Waals surface area contributed by atoms with Crippen LogP contribution in [0.5, 0.6) is 0 Å². The molecule has 2 heteroatoms. The molecule has 1 aromatic carbocycles. The Labute approximate surface area is 110 Å². The number of nitrogens with zero attached hydrogens (tertiary/aromatic N) is 1. The molecule has 1 fully saturated rings. The third kappa shape index (κ3) is 1.93. The minimum Gasteiger partial charge on any atom is -0.365 e. The van der Waals surface area contributed by atoms with Crippen LogP contribution in [0.3, 0.4) is 0 Å². The van der Waals surface area contributed by atoms with Gasteiger partial charge in [-0.3, -0.25) is 0 Å². The van der Waals surface area contributed by atoms with Gasteiger partial charge in [0, 0.05) is 17.8 Å². The van der Waals surface area contributed by atoms with Crippen LogP contribution in [0.1, 0.15) is 38.2 Å². The third-order valence-corrected chi connectivity index (χ3v) is 4.86. The second-order valence-electron chi connectivity index (χ2n) is 5.92. The second-order valence-corrected chi connectivity index (χ2v) is 5.92. The summed E-state index contributed by atoms with van der Waals surface area (Å²) in [6, 6.07) is 10.3. The van der Waals surface area contributed by atoms with Gasteiger partial charge in [0.05, 0.1) is 0 Å². The highest BCUT2D eigenvalue weighted by atomic mass is 15.2. The molecule has 3 rings (SSSR count). The molecule has 1 saturated carbocycles. The lowest BCUT2D eigenvalue weighted by atomic mass is 9.91. The molecule has 1 aromatic rings. The lowest BCUT2D eigenvalue weighted by molar-refractivity contribution is 0.408. The van der Waals surface area contributed by atoms with Gasteiger partial charge in [0.15, 0.2) is 0 Å². The van der Waals surface area contributed by atoms with E-state index in [1.165, 1.54) is 43.4 Å². The summed E-state index contributed by atoms with van der Waals surface area (Å²) < 4.78 is 0. The van der Waals surface area contributed by atoms with E-state index in [2.05, 4.69) is 36.1 Å². The SMILES string of the molecule is CC1CCc2ccccc2N1C1CCCC1CN. The Hall–Kier alpha value is -1.02. The van der Waals surface area contributed by atoms with Crippen molar-refractivity contribution in [3.63, 3.8) is 0 Å². The van der Waals surface area contributed by atoms with Gasteiger partial charge >= 0.3 is 0 Å². The van der Waals surface area contributed by atoms with E-state index in [0.717, 1.165) is 6.54 Å². The van der Waals surface area contributed by atoms with Gasteiger partial charge in [-0.25, -0.2) is 0 Å². The summed E-state index contributed by atoms with van der Waals surface area (Å²) in [7, 11) is 0. The van der Waals surface area contributed by atoms with E-state index in [9.17, 15) is 0 Å². The Morgan fingerprint density at radius 3 is 2.89 bits per heavy atom. The zero-order valence-corrected chi connectivity index (χ0v) is 11.3. The maximum Gasteiger partial charge on any atom is 0.0403 e.